The lowest BCUT2D eigenvalue weighted by atomic mass is 10.0. The van der Waals surface area contributed by atoms with Gasteiger partial charge in [0.1, 0.15) is 0 Å². The van der Waals surface area contributed by atoms with Crippen LogP contribution >= 0.6 is 11.6 Å². The van der Waals surface area contributed by atoms with Gasteiger partial charge in [-0.25, -0.2) is 0 Å². The second kappa shape index (κ2) is 4.55. The van der Waals surface area contributed by atoms with E-state index in [1.165, 1.54) is 24.0 Å². The number of nitrogens with one attached hydrogen (secondary N) is 1. The first kappa shape index (κ1) is 10.9. The molecule has 0 spiro atoms. The van der Waals surface area contributed by atoms with Gasteiger partial charge in [-0.1, -0.05) is 17.7 Å². The number of hydrogen-bond acceptors (Lipinski definition) is 2. The average molecular weight is 248 g/mol. The Morgan fingerprint density at radius 2 is 2.18 bits per heavy atom. The van der Waals surface area contributed by atoms with Crippen LogP contribution < -0.4 is 5.32 Å². The Hall–Kier alpha value is -1.25. The lowest BCUT2D eigenvalue weighted by Gasteiger charge is -2.09. The maximum Gasteiger partial charge on any atom is 0.0981 e. The monoisotopic (exact) mass is 247 g/mol. The molecule has 0 amide bonds. The van der Waals surface area contributed by atoms with Crippen molar-refractivity contribution in [1.29, 1.82) is 0 Å². The molecular formula is C14H14ClNO. The molecule has 17 heavy (non-hydrogen) atoms. The van der Waals surface area contributed by atoms with Crippen LogP contribution in [0.3, 0.4) is 0 Å². The topological polar surface area (TPSA) is 25.2 Å². The van der Waals surface area contributed by atoms with E-state index in [4.69, 9.17) is 16.0 Å². The molecule has 2 aromatic rings. The van der Waals surface area contributed by atoms with Gasteiger partial charge in [-0.2, -0.15) is 0 Å². The third-order valence-electron chi connectivity index (χ3n) is 3.06. The molecule has 1 aromatic carbocycles. The summed E-state index contributed by atoms with van der Waals surface area (Å²) in [5.41, 5.74) is 3.52. The van der Waals surface area contributed by atoms with Crippen molar-refractivity contribution < 1.29 is 4.42 Å². The van der Waals surface area contributed by atoms with E-state index in [1.54, 1.807) is 12.5 Å². The standard InChI is InChI=1S/C14H14ClNO/c15-12-1-4-14(10-5-6-17-9-10)11(7-12)8-16-13-2-3-13/h1,4-7,9,13,16H,2-3,8H2. The molecule has 1 fully saturated rings. The number of benzene rings is 1. The second-order valence-electron chi connectivity index (χ2n) is 4.47. The van der Waals surface area contributed by atoms with Crippen molar-refractivity contribution in [2.45, 2.75) is 25.4 Å². The molecule has 0 unspecified atom stereocenters. The summed E-state index contributed by atoms with van der Waals surface area (Å²) in [6.07, 6.45) is 6.05. The highest BCUT2D eigenvalue weighted by Crippen LogP contribution is 2.28. The Balaban J connectivity index is 1.89. The first-order chi connectivity index (χ1) is 8.33. The van der Waals surface area contributed by atoms with Crippen molar-refractivity contribution in [2.75, 3.05) is 0 Å². The molecule has 88 valence electrons. The molecule has 0 aliphatic heterocycles. The molecule has 0 radical (unpaired) electrons. The number of hydrogen-bond donors (Lipinski definition) is 1. The van der Waals surface area contributed by atoms with Gasteiger partial charge in [-0.15, -0.1) is 0 Å². The van der Waals surface area contributed by atoms with Gasteiger partial charge < -0.3 is 9.73 Å². The minimum absolute atomic E-state index is 0.700. The molecule has 1 aliphatic rings. The van der Waals surface area contributed by atoms with E-state index in [2.05, 4.69) is 11.4 Å². The zero-order valence-corrected chi connectivity index (χ0v) is 10.2. The normalized spacial score (nSPS) is 15.1. The van der Waals surface area contributed by atoms with E-state index in [9.17, 15) is 0 Å². The molecule has 1 aliphatic carbocycles. The zero-order chi connectivity index (χ0) is 11.7. The molecule has 1 aromatic heterocycles. The fourth-order valence-electron chi connectivity index (χ4n) is 1.95. The molecule has 3 heteroatoms. The SMILES string of the molecule is Clc1ccc(-c2ccoc2)c(CNC2CC2)c1. The van der Waals surface area contributed by atoms with E-state index in [1.807, 2.05) is 18.2 Å². The van der Waals surface area contributed by atoms with Gasteiger partial charge in [-0.05, 0) is 42.2 Å². The Morgan fingerprint density at radius 1 is 1.29 bits per heavy atom. The molecule has 1 N–H and O–H groups in total. The summed E-state index contributed by atoms with van der Waals surface area (Å²) in [6.45, 7) is 0.867. The Kier molecular flexibility index (Phi) is 2.91. The largest absolute Gasteiger partial charge is 0.472 e. The predicted molar refractivity (Wildman–Crippen MR) is 69.0 cm³/mol. The summed E-state index contributed by atoms with van der Waals surface area (Å²) in [6, 6.07) is 8.68. The highest BCUT2D eigenvalue weighted by molar-refractivity contribution is 6.30. The Labute approximate surface area is 106 Å². The van der Waals surface area contributed by atoms with Crippen LogP contribution in [0.4, 0.5) is 0 Å². The quantitative estimate of drug-likeness (QED) is 0.888. The summed E-state index contributed by atoms with van der Waals surface area (Å²) < 4.78 is 5.14. The predicted octanol–water partition coefficient (Wildman–Crippen LogP) is 3.85. The van der Waals surface area contributed by atoms with Gasteiger partial charge in [0.05, 0.1) is 12.5 Å². The number of rotatable bonds is 4. The Bertz CT molecular complexity index is 503. The van der Waals surface area contributed by atoms with E-state index >= 15 is 0 Å². The average Bonchev–Trinajstić information content (AvgIpc) is 3.00. The van der Waals surface area contributed by atoms with E-state index in [-0.39, 0.29) is 0 Å². The zero-order valence-electron chi connectivity index (χ0n) is 9.45. The lowest BCUT2D eigenvalue weighted by Crippen LogP contribution is -2.15. The summed E-state index contributed by atoms with van der Waals surface area (Å²) in [7, 11) is 0. The molecule has 1 heterocycles. The van der Waals surface area contributed by atoms with Crippen LogP contribution in [-0.2, 0) is 6.54 Å². The molecule has 3 rings (SSSR count). The van der Waals surface area contributed by atoms with Gasteiger partial charge >= 0.3 is 0 Å². The van der Waals surface area contributed by atoms with Crippen LogP contribution in [0.5, 0.6) is 0 Å². The van der Waals surface area contributed by atoms with Crippen molar-refractivity contribution >= 4 is 11.6 Å². The van der Waals surface area contributed by atoms with Crippen LogP contribution in [-0.4, -0.2) is 6.04 Å². The van der Waals surface area contributed by atoms with Crippen molar-refractivity contribution in [1.82, 2.24) is 5.32 Å². The molecular weight excluding hydrogens is 234 g/mol. The van der Waals surface area contributed by atoms with Crippen molar-refractivity contribution in [3.05, 3.63) is 47.4 Å². The maximum absolute atomic E-state index is 6.06. The number of halogens is 1. The van der Waals surface area contributed by atoms with Crippen molar-refractivity contribution in [2.24, 2.45) is 0 Å². The third kappa shape index (κ3) is 2.54. The van der Waals surface area contributed by atoms with E-state index < -0.39 is 0 Å². The summed E-state index contributed by atoms with van der Waals surface area (Å²) in [4.78, 5) is 0. The first-order valence-corrected chi connectivity index (χ1v) is 6.25. The minimum Gasteiger partial charge on any atom is -0.472 e. The van der Waals surface area contributed by atoms with E-state index in [0.29, 0.717) is 6.04 Å². The van der Waals surface area contributed by atoms with Gasteiger partial charge in [0.2, 0.25) is 0 Å². The van der Waals surface area contributed by atoms with Gasteiger partial charge in [0.15, 0.2) is 0 Å². The van der Waals surface area contributed by atoms with Crippen molar-refractivity contribution in [3.63, 3.8) is 0 Å². The molecule has 0 bridgehead atoms. The summed E-state index contributed by atoms with van der Waals surface area (Å²) >= 11 is 6.06. The fourth-order valence-corrected chi connectivity index (χ4v) is 2.14. The molecule has 0 atom stereocenters. The lowest BCUT2D eigenvalue weighted by molar-refractivity contribution is 0.568. The summed E-state index contributed by atoms with van der Waals surface area (Å²) in [5, 5.41) is 4.30. The minimum atomic E-state index is 0.700. The van der Waals surface area contributed by atoms with E-state index in [0.717, 1.165) is 17.1 Å². The van der Waals surface area contributed by atoms with Crippen LogP contribution in [0.15, 0.2) is 41.2 Å². The molecule has 0 saturated heterocycles. The highest BCUT2D eigenvalue weighted by atomic mass is 35.5. The van der Waals surface area contributed by atoms with Crippen LogP contribution in [0, 0.1) is 0 Å². The highest BCUT2D eigenvalue weighted by Gasteiger charge is 2.20. The smallest absolute Gasteiger partial charge is 0.0981 e. The number of furan rings is 1. The van der Waals surface area contributed by atoms with Gasteiger partial charge in [-0.3, -0.25) is 0 Å². The summed E-state index contributed by atoms with van der Waals surface area (Å²) in [5.74, 6) is 0. The molecule has 2 nitrogen and oxygen atoms in total. The van der Waals surface area contributed by atoms with Crippen molar-refractivity contribution in [3.8, 4) is 11.1 Å². The van der Waals surface area contributed by atoms with Gasteiger partial charge in [0, 0.05) is 23.2 Å². The first-order valence-electron chi connectivity index (χ1n) is 5.87. The maximum atomic E-state index is 6.06. The third-order valence-corrected chi connectivity index (χ3v) is 3.29. The van der Waals surface area contributed by atoms with Crippen LogP contribution in [0.2, 0.25) is 5.02 Å². The Morgan fingerprint density at radius 3 is 2.88 bits per heavy atom. The van der Waals surface area contributed by atoms with Crippen LogP contribution in [0.1, 0.15) is 18.4 Å². The molecule has 1 saturated carbocycles. The van der Waals surface area contributed by atoms with Crippen LogP contribution in [0.25, 0.3) is 11.1 Å². The van der Waals surface area contributed by atoms with Gasteiger partial charge in [0.25, 0.3) is 0 Å². The fraction of sp³-hybridized carbons (Fsp3) is 0.286. The second-order valence-corrected chi connectivity index (χ2v) is 4.91.